The van der Waals surface area contributed by atoms with Crippen molar-refractivity contribution in [1.82, 2.24) is 10.6 Å². The number of halogens is 3. The Morgan fingerprint density at radius 1 is 1.24 bits per heavy atom. The molecule has 2 N–H and O–H groups in total. The molecule has 1 saturated heterocycles. The lowest BCUT2D eigenvalue weighted by Gasteiger charge is -2.22. The molecule has 8 heteroatoms. The number of aliphatic imine (C=N–C) groups is 1. The smallest absolute Gasteiger partial charge is 0.191 e. The molecule has 2 aromatic carbocycles. The third kappa shape index (κ3) is 6.19. The maximum absolute atomic E-state index is 13.8. The number of hydrogen-bond donors (Lipinski definition) is 2. The Hall–Kier alpha value is -2.10. The number of ether oxygens (including phenoxy) is 1. The van der Waals surface area contributed by atoms with Crippen molar-refractivity contribution in [2.24, 2.45) is 4.99 Å². The molecule has 3 rings (SSSR count). The highest BCUT2D eigenvalue weighted by molar-refractivity contribution is 14.0. The normalized spacial score (nSPS) is 16.3. The summed E-state index contributed by atoms with van der Waals surface area (Å²) >= 11 is 0. The van der Waals surface area contributed by atoms with Gasteiger partial charge in [0.05, 0.1) is 19.3 Å². The van der Waals surface area contributed by atoms with E-state index in [4.69, 9.17) is 4.74 Å². The van der Waals surface area contributed by atoms with Gasteiger partial charge in [-0.3, -0.25) is 0 Å². The number of benzene rings is 2. The molecule has 1 fully saturated rings. The lowest BCUT2D eigenvalue weighted by Crippen LogP contribution is -2.44. The molecule has 0 amide bonds. The summed E-state index contributed by atoms with van der Waals surface area (Å²) in [5, 5.41) is 6.57. The maximum atomic E-state index is 13.8. The number of anilines is 1. The van der Waals surface area contributed by atoms with Crippen molar-refractivity contribution in [1.29, 1.82) is 0 Å². The first-order valence-corrected chi connectivity index (χ1v) is 9.47. The van der Waals surface area contributed by atoms with Crippen molar-refractivity contribution < 1.29 is 13.5 Å². The van der Waals surface area contributed by atoms with Crippen LogP contribution in [0.5, 0.6) is 5.75 Å². The number of nitrogens with one attached hydrogen (secondary N) is 2. The molecule has 1 unspecified atom stereocenters. The zero-order chi connectivity index (χ0) is 19.9. The molecule has 0 aliphatic carbocycles. The van der Waals surface area contributed by atoms with Crippen molar-refractivity contribution in [3.05, 3.63) is 59.7 Å². The summed E-state index contributed by atoms with van der Waals surface area (Å²) in [7, 11) is 1.67. The highest BCUT2D eigenvalue weighted by atomic mass is 127. The van der Waals surface area contributed by atoms with Gasteiger partial charge in [0.2, 0.25) is 0 Å². The maximum Gasteiger partial charge on any atom is 0.191 e. The summed E-state index contributed by atoms with van der Waals surface area (Å²) in [6.45, 7) is 4.42. The monoisotopic (exact) mass is 516 g/mol. The summed E-state index contributed by atoms with van der Waals surface area (Å²) in [5.74, 6) is 0.528. The van der Waals surface area contributed by atoms with Gasteiger partial charge < -0.3 is 20.3 Å². The van der Waals surface area contributed by atoms with E-state index in [0.29, 0.717) is 12.5 Å². The van der Waals surface area contributed by atoms with Gasteiger partial charge in [-0.1, -0.05) is 12.1 Å². The topological polar surface area (TPSA) is 48.9 Å². The molecule has 1 aliphatic heterocycles. The van der Waals surface area contributed by atoms with E-state index < -0.39 is 11.6 Å². The van der Waals surface area contributed by atoms with Crippen molar-refractivity contribution in [3.63, 3.8) is 0 Å². The quantitative estimate of drug-likeness (QED) is 0.347. The largest absolute Gasteiger partial charge is 0.495 e. The van der Waals surface area contributed by atoms with Gasteiger partial charge in [0.25, 0.3) is 0 Å². The average molecular weight is 516 g/mol. The number of rotatable bonds is 6. The van der Waals surface area contributed by atoms with E-state index in [1.54, 1.807) is 7.11 Å². The van der Waals surface area contributed by atoms with Crippen LogP contribution in [0.1, 0.15) is 18.9 Å². The minimum Gasteiger partial charge on any atom is -0.495 e. The lowest BCUT2D eigenvalue weighted by molar-refractivity contribution is 0.415. The third-order valence-corrected chi connectivity index (χ3v) is 4.71. The average Bonchev–Trinajstić information content (AvgIpc) is 3.17. The van der Waals surface area contributed by atoms with Gasteiger partial charge in [-0.2, -0.15) is 0 Å². The summed E-state index contributed by atoms with van der Waals surface area (Å²) in [6, 6.07) is 11.6. The Morgan fingerprint density at radius 2 is 2.03 bits per heavy atom. The molecule has 1 atom stereocenters. The Labute approximate surface area is 187 Å². The Morgan fingerprint density at radius 3 is 2.79 bits per heavy atom. The van der Waals surface area contributed by atoms with Gasteiger partial charge in [0.1, 0.15) is 17.4 Å². The zero-order valence-electron chi connectivity index (χ0n) is 16.6. The number of guanidine groups is 1. The van der Waals surface area contributed by atoms with E-state index in [1.165, 1.54) is 6.07 Å². The first-order valence-electron chi connectivity index (χ1n) is 9.47. The Balaban J connectivity index is 0.00000300. The Kier molecular flexibility index (Phi) is 8.94. The second-order valence-corrected chi connectivity index (χ2v) is 6.68. The van der Waals surface area contributed by atoms with Crippen LogP contribution in [0.15, 0.2) is 47.5 Å². The molecule has 158 valence electrons. The zero-order valence-corrected chi connectivity index (χ0v) is 19.0. The summed E-state index contributed by atoms with van der Waals surface area (Å²) in [6.07, 6.45) is 0.941. The van der Waals surface area contributed by atoms with Crippen LogP contribution in [0.2, 0.25) is 0 Å². The molecule has 0 aromatic heterocycles. The first-order chi connectivity index (χ1) is 13.6. The molecular weight excluding hydrogens is 489 g/mol. The summed E-state index contributed by atoms with van der Waals surface area (Å²) < 4.78 is 32.6. The molecule has 0 bridgehead atoms. The van der Waals surface area contributed by atoms with Crippen molar-refractivity contribution in [2.45, 2.75) is 25.9 Å². The number of nitrogens with zero attached hydrogens (tertiary/aromatic N) is 2. The molecular formula is C21H27F2IN4O. The second kappa shape index (κ2) is 11.2. The highest BCUT2D eigenvalue weighted by Gasteiger charge is 2.25. The summed E-state index contributed by atoms with van der Waals surface area (Å²) in [5.41, 5.74) is 1.30. The second-order valence-electron chi connectivity index (χ2n) is 6.68. The van der Waals surface area contributed by atoms with E-state index in [9.17, 15) is 8.78 Å². The SMILES string of the molecule is CCNC(=NCc1cc(F)ccc1F)NC1CCN(c2ccccc2OC)C1.I. The van der Waals surface area contributed by atoms with Crippen LogP contribution in [0, 0.1) is 11.6 Å². The van der Waals surface area contributed by atoms with Crippen LogP contribution in [0.3, 0.4) is 0 Å². The standard InChI is InChI=1S/C21H26F2N4O.HI/c1-3-24-21(25-13-15-12-16(22)8-9-18(15)23)26-17-10-11-27(14-17)19-6-4-5-7-20(19)28-2;/h4-9,12,17H,3,10-11,13-14H2,1-2H3,(H2,24,25,26);1H. The minimum atomic E-state index is -0.465. The van der Waals surface area contributed by atoms with Crippen LogP contribution in [0.25, 0.3) is 0 Å². The lowest BCUT2D eigenvalue weighted by atomic mass is 10.2. The first kappa shape index (κ1) is 23.2. The fourth-order valence-electron chi connectivity index (χ4n) is 3.33. The molecule has 1 aliphatic rings. The van der Waals surface area contributed by atoms with Gasteiger partial charge in [0, 0.05) is 31.2 Å². The summed E-state index contributed by atoms with van der Waals surface area (Å²) in [4.78, 5) is 6.70. The van der Waals surface area contributed by atoms with E-state index in [1.807, 2.05) is 31.2 Å². The number of para-hydroxylation sites is 2. The Bertz CT molecular complexity index is 834. The van der Waals surface area contributed by atoms with Crippen LogP contribution in [-0.2, 0) is 6.54 Å². The van der Waals surface area contributed by atoms with E-state index in [2.05, 4.69) is 20.5 Å². The van der Waals surface area contributed by atoms with E-state index in [0.717, 1.165) is 43.1 Å². The predicted octanol–water partition coefficient (Wildman–Crippen LogP) is 3.93. The number of methoxy groups -OCH3 is 1. The van der Waals surface area contributed by atoms with Crippen molar-refractivity contribution in [3.8, 4) is 5.75 Å². The molecule has 2 aromatic rings. The molecule has 0 radical (unpaired) electrons. The van der Waals surface area contributed by atoms with Gasteiger partial charge in [-0.05, 0) is 43.7 Å². The number of hydrogen-bond acceptors (Lipinski definition) is 3. The van der Waals surface area contributed by atoms with Gasteiger partial charge in [-0.25, -0.2) is 13.8 Å². The van der Waals surface area contributed by atoms with Gasteiger partial charge in [0.15, 0.2) is 5.96 Å². The fraction of sp³-hybridized carbons (Fsp3) is 0.381. The van der Waals surface area contributed by atoms with E-state index >= 15 is 0 Å². The highest BCUT2D eigenvalue weighted by Crippen LogP contribution is 2.30. The van der Waals surface area contributed by atoms with Crippen LogP contribution in [-0.4, -0.2) is 38.7 Å². The van der Waals surface area contributed by atoms with Crippen LogP contribution in [0.4, 0.5) is 14.5 Å². The van der Waals surface area contributed by atoms with Gasteiger partial charge >= 0.3 is 0 Å². The minimum absolute atomic E-state index is 0. The van der Waals surface area contributed by atoms with Crippen molar-refractivity contribution >= 4 is 35.6 Å². The molecule has 0 saturated carbocycles. The molecule has 0 spiro atoms. The third-order valence-electron chi connectivity index (χ3n) is 4.71. The van der Waals surface area contributed by atoms with Gasteiger partial charge in [-0.15, -0.1) is 24.0 Å². The molecule has 29 heavy (non-hydrogen) atoms. The van der Waals surface area contributed by atoms with Crippen LogP contribution < -0.4 is 20.3 Å². The molecule has 1 heterocycles. The van der Waals surface area contributed by atoms with E-state index in [-0.39, 0.29) is 42.1 Å². The molecule has 5 nitrogen and oxygen atoms in total. The van der Waals surface area contributed by atoms with Crippen molar-refractivity contribution in [2.75, 3.05) is 31.6 Å². The predicted molar refractivity (Wildman–Crippen MR) is 123 cm³/mol. The fourth-order valence-corrected chi connectivity index (χ4v) is 3.33. The van der Waals surface area contributed by atoms with Crippen LogP contribution >= 0.6 is 24.0 Å².